The molecule has 0 aromatic heterocycles. The lowest BCUT2D eigenvalue weighted by molar-refractivity contribution is -0.777. The van der Waals surface area contributed by atoms with Crippen molar-refractivity contribution < 1.29 is 58.1 Å². The Morgan fingerprint density at radius 3 is 2.10 bits per heavy atom. The largest absolute Gasteiger partial charge is 0.748 e. The lowest BCUT2D eigenvalue weighted by Crippen LogP contribution is -2.28. The van der Waals surface area contributed by atoms with Crippen molar-refractivity contribution in [1.29, 1.82) is 0 Å². The van der Waals surface area contributed by atoms with Crippen LogP contribution in [0.25, 0.3) is 21.5 Å². The van der Waals surface area contributed by atoms with Gasteiger partial charge < -0.3 is 23.8 Å². The summed E-state index contributed by atoms with van der Waals surface area (Å²) in [5.41, 5.74) is 6.14. The smallest absolute Gasteiger partial charge is 0.210 e. The lowest BCUT2D eigenvalue weighted by atomic mass is 9.79. The van der Waals surface area contributed by atoms with Crippen LogP contribution in [0.4, 0.5) is 11.4 Å². The Kier molecular flexibility index (Phi) is 14.1. The van der Waals surface area contributed by atoms with Crippen molar-refractivity contribution in [2.75, 3.05) is 29.5 Å². The summed E-state index contributed by atoms with van der Waals surface area (Å²) in [5.74, 6) is -1.07. The van der Waals surface area contributed by atoms with E-state index in [0.717, 1.165) is 83.1 Å². The number of nitrogens with zero attached hydrogens (tertiary/aromatic N) is 2. The van der Waals surface area contributed by atoms with E-state index in [1.54, 1.807) is 23.9 Å². The summed E-state index contributed by atoms with van der Waals surface area (Å²) in [4.78, 5) is 4.39. The highest BCUT2D eigenvalue weighted by Crippen LogP contribution is 2.52. The molecule has 0 saturated carbocycles. The third kappa shape index (κ3) is 10.4. The molecule has 0 amide bonds. The number of benzene rings is 5. The van der Waals surface area contributed by atoms with Gasteiger partial charge in [0.1, 0.15) is 16.7 Å². The Morgan fingerprint density at radius 2 is 1.40 bits per heavy atom. The predicted molar refractivity (Wildman–Crippen MR) is 259 cm³/mol. The van der Waals surface area contributed by atoms with Crippen LogP contribution in [-0.4, -0.2) is 73.8 Å². The second-order valence-electron chi connectivity index (χ2n) is 17.9. The molecule has 68 heavy (non-hydrogen) atoms. The van der Waals surface area contributed by atoms with Gasteiger partial charge in [0.25, 0.3) is 0 Å². The Labute approximate surface area is 405 Å². The Balaban J connectivity index is 1.22. The maximum absolute atomic E-state index is 12.0. The van der Waals surface area contributed by atoms with Crippen molar-refractivity contribution in [2.24, 2.45) is 0 Å². The molecule has 5 aromatic rings. The number of fused-ring (bicyclic) bond motifs is 6. The van der Waals surface area contributed by atoms with Crippen LogP contribution in [0, 0.1) is 0 Å². The van der Waals surface area contributed by atoms with E-state index in [4.69, 9.17) is 0 Å². The van der Waals surface area contributed by atoms with Gasteiger partial charge in [-0.05, 0) is 126 Å². The van der Waals surface area contributed by atoms with E-state index in [9.17, 15) is 44.2 Å². The van der Waals surface area contributed by atoms with E-state index in [-0.39, 0.29) is 30.8 Å². The van der Waals surface area contributed by atoms with Crippen LogP contribution < -0.4 is 10.2 Å². The number of thioether (sulfide) groups is 1. The fraction of sp³-hybridized carbons (Fsp3) is 0.286. The second kappa shape index (κ2) is 19.3. The molecule has 0 saturated heterocycles. The summed E-state index contributed by atoms with van der Waals surface area (Å²) in [6, 6.07) is 27.4. The molecule has 2 heterocycles. The standard InChI is InChI=1S/C49H50N2O12S5/c1-48(2)43(50(26-8-28-66(53,54)55)41-22-14-34-30-37(65-63-62-52)18-20-39(34)45(41)48)24-16-32-12-13-33(47(32)64-36-10-6-5-7-11-36)17-25-44-49(3,4)46-40-21-19-38(68(59,60)61)31-35(40)15-23-42(46)51(44)27-9-29-67(56,57)58/h5-7,10-11,14-25,30-31H,8-9,12-13,26-29H2,1-4H3,(H3-,52,53,54,55,56,57,58,59,60,61)/p-3. The van der Waals surface area contributed by atoms with E-state index < -0.39 is 52.7 Å². The molecule has 0 radical (unpaired) electrons. The number of rotatable bonds is 17. The molecule has 1 aliphatic carbocycles. The van der Waals surface area contributed by atoms with Crippen LogP contribution in [0.3, 0.4) is 0 Å². The molecule has 14 nitrogen and oxygen atoms in total. The first-order chi connectivity index (χ1) is 32.1. The molecule has 19 heteroatoms. The van der Waals surface area contributed by atoms with Crippen LogP contribution in [0.15, 0.2) is 152 Å². The van der Waals surface area contributed by atoms with Gasteiger partial charge in [-0.3, -0.25) is 5.04 Å². The second-order valence-corrected chi connectivity index (χ2v) is 24.2. The minimum Gasteiger partial charge on any atom is -0.748 e. The Bertz CT molecular complexity index is 3340. The molecule has 0 bridgehead atoms. The van der Waals surface area contributed by atoms with Crippen LogP contribution in [0.5, 0.6) is 0 Å². The first kappa shape index (κ1) is 49.8. The molecule has 0 N–H and O–H groups in total. The zero-order valence-electron chi connectivity index (χ0n) is 37.5. The van der Waals surface area contributed by atoms with Gasteiger partial charge >= 0.3 is 0 Å². The van der Waals surface area contributed by atoms with Crippen molar-refractivity contribution in [3.8, 4) is 0 Å². The highest BCUT2D eigenvalue weighted by atomic mass is 32.2. The van der Waals surface area contributed by atoms with E-state index >= 15 is 0 Å². The van der Waals surface area contributed by atoms with Gasteiger partial charge in [0.15, 0.2) is 5.71 Å². The van der Waals surface area contributed by atoms with Crippen LogP contribution >= 0.6 is 23.8 Å². The molecule has 0 atom stereocenters. The minimum atomic E-state index is -4.71. The van der Waals surface area contributed by atoms with Gasteiger partial charge in [0.2, 0.25) is 5.69 Å². The summed E-state index contributed by atoms with van der Waals surface area (Å²) in [7, 11) is -13.7. The maximum Gasteiger partial charge on any atom is 0.210 e. The van der Waals surface area contributed by atoms with Crippen molar-refractivity contribution in [2.45, 2.75) is 78.9 Å². The molecule has 0 unspecified atom stereocenters. The van der Waals surface area contributed by atoms with Gasteiger partial charge in [0.05, 0.1) is 42.6 Å². The molecular formula is C49H47N2O12S5-3. The first-order valence-corrected chi connectivity index (χ1v) is 27.8. The van der Waals surface area contributed by atoms with E-state index in [0.29, 0.717) is 23.1 Å². The highest BCUT2D eigenvalue weighted by molar-refractivity contribution is 8.03. The Hall–Kier alpha value is -4.64. The first-order valence-electron chi connectivity index (χ1n) is 21.7. The van der Waals surface area contributed by atoms with Crippen LogP contribution in [0.2, 0.25) is 0 Å². The quantitative estimate of drug-likeness (QED) is 0.0281. The molecular weight excluding hydrogens is 969 g/mol. The fourth-order valence-corrected chi connectivity index (χ4v) is 12.8. The average molecular weight is 1020 g/mol. The molecule has 3 aliphatic rings. The van der Waals surface area contributed by atoms with Gasteiger partial charge in [-0.1, -0.05) is 74.2 Å². The summed E-state index contributed by atoms with van der Waals surface area (Å²) in [6.07, 6.45) is 9.88. The molecule has 2 aliphatic heterocycles. The maximum atomic E-state index is 12.0. The zero-order valence-corrected chi connectivity index (χ0v) is 41.5. The third-order valence-electron chi connectivity index (χ3n) is 12.7. The summed E-state index contributed by atoms with van der Waals surface area (Å²) >= 11 is 2.43. The van der Waals surface area contributed by atoms with E-state index in [1.807, 2.05) is 91.6 Å². The molecule has 0 spiro atoms. The summed E-state index contributed by atoms with van der Waals surface area (Å²) < 4.78 is 113. The van der Waals surface area contributed by atoms with Crippen molar-refractivity contribution >= 4 is 92.8 Å². The SMILES string of the molecule is CC1(C)C(=CC=C2CCC(C=CC3=[N+](CCCS(=O)(=O)[O-])c4ccc5cc(SOO[O-])ccc5c4C3(C)C)=C2Sc2ccccc2)N(CCCS(=O)(=O)[O-])c2ccc3cc(S(=O)(=O)[O-])ccc3c21. The topological polar surface area (TPSA) is 219 Å². The van der Waals surface area contributed by atoms with Crippen molar-refractivity contribution in [1.82, 2.24) is 0 Å². The molecule has 358 valence electrons. The normalized spacial score (nSPS) is 18.3. The van der Waals surface area contributed by atoms with Crippen molar-refractivity contribution in [3.63, 3.8) is 0 Å². The number of allylic oxidation sites excluding steroid dienone is 7. The average Bonchev–Trinajstić information content (AvgIpc) is 3.83. The Morgan fingerprint density at radius 1 is 0.721 bits per heavy atom. The molecule has 5 aromatic carbocycles. The third-order valence-corrected chi connectivity index (χ3v) is 16.9. The molecule has 0 fully saturated rings. The lowest BCUT2D eigenvalue weighted by Gasteiger charge is -2.27. The van der Waals surface area contributed by atoms with Crippen LogP contribution in [-0.2, 0) is 50.6 Å². The highest BCUT2D eigenvalue weighted by Gasteiger charge is 2.46. The van der Waals surface area contributed by atoms with Crippen molar-refractivity contribution in [3.05, 3.63) is 148 Å². The predicted octanol–water partition coefficient (Wildman–Crippen LogP) is 8.38. The van der Waals surface area contributed by atoms with Gasteiger partial charge in [-0.2, -0.15) is 8.91 Å². The van der Waals surface area contributed by atoms with Crippen LogP contribution in [0.1, 0.15) is 64.5 Å². The zero-order chi connectivity index (χ0) is 48.8. The molecule has 8 rings (SSSR count). The minimum absolute atomic E-state index is 0.0657. The van der Waals surface area contributed by atoms with E-state index in [1.165, 1.54) is 12.1 Å². The van der Waals surface area contributed by atoms with Gasteiger partial charge in [-0.15, -0.1) is 0 Å². The van der Waals surface area contributed by atoms with E-state index in [2.05, 4.69) is 46.0 Å². The van der Waals surface area contributed by atoms with Gasteiger partial charge in [0, 0.05) is 73.7 Å². The monoisotopic (exact) mass is 1020 g/mol. The van der Waals surface area contributed by atoms with Gasteiger partial charge in [-0.25, -0.2) is 25.3 Å². The number of hydrogen-bond donors (Lipinski definition) is 0. The summed E-state index contributed by atoms with van der Waals surface area (Å²) in [6.45, 7) is 8.79. The number of hydrogen-bond acceptors (Lipinski definition) is 15. The number of anilines is 1. The summed E-state index contributed by atoms with van der Waals surface area (Å²) in [5, 5.41) is 17.2. The fourth-order valence-electron chi connectivity index (χ4n) is 9.80.